The van der Waals surface area contributed by atoms with Gasteiger partial charge in [0, 0.05) is 19.2 Å². The number of thiazole rings is 1. The van der Waals surface area contributed by atoms with Gasteiger partial charge < -0.3 is 14.0 Å². The standard InChI is InChI=1S/C17H13N3O5S/c1-19-12-8-11(20(22)23)3-5-15(12)26-17(19)18-16(21)7-10-2-4-13-14(6-10)25-9-24-13/h2-6,8H,7,9H2,1H3. The van der Waals surface area contributed by atoms with Crippen LogP contribution in [0.5, 0.6) is 11.5 Å². The Balaban J connectivity index is 1.64. The molecule has 26 heavy (non-hydrogen) atoms. The Bertz CT molecular complexity index is 1120. The molecule has 0 fully saturated rings. The normalized spacial score (nSPS) is 13.3. The number of carbonyl (C=O) groups excluding carboxylic acids is 1. The number of non-ortho nitro benzene ring substituents is 1. The number of nitrogens with zero attached hydrogens (tertiary/aromatic N) is 3. The predicted molar refractivity (Wildman–Crippen MR) is 94.3 cm³/mol. The van der Waals surface area contributed by atoms with Crippen LogP contribution in [0.1, 0.15) is 5.56 Å². The third kappa shape index (κ3) is 2.93. The first kappa shape index (κ1) is 16.3. The molecule has 9 heteroatoms. The van der Waals surface area contributed by atoms with Gasteiger partial charge in [0.1, 0.15) is 0 Å². The summed E-state index contributed by atoms with van der Waals surface area (Å²) in [5.74, 6) is 0.978. The highest BCUT2D eigenvalue weighted by Crippen LogP contribution is 2.32. The van der Waals surface area contributed by atoms with E-state index in [1.54, 1.807) is 35.9 Å². The molecular weight excluding hydrogens is 358 g/mol. The van der Waals surface area contributed by atoms with Crippen molar-refractivity contribution in [1.29, 1.82) is 0 Å². The minimum absolute atomic E-state index is 0.00383. The van der Waals surface area contributed by atoms with Crippen LogP contribution >= 0.6 is 11.3 Å². The fourth-order valence-electron chi connectivity index (χ4n) is 2.71. The molecule has 0 N–H and O–H groups in total. The molecule has 4 rings (SSSR count). The highest BCUT2D eigenvalue weighted by atomic mass is 32.1. The summed E-state index contributed by atoms with van der Waals surface area (Å²) in [5, 5.41) is 10.9. The van der Waals surface area contributed by atoms with Crippen LogP contribution in [0.3, 0.4) is 0 Å². The van der Waals surface area contributed by atoms with Gasteiger partial charge in [0.25, 0.3) is 11.6 Å². The van der Waals surface area contributed by atoms with Gasteiger partial charge in [-0.05, 0) is 23.8 Å². The third-order valence-corrected chi connectivity index (χ3v) is 5.13. The lowest BCUT2D eigenvalue weighted by Gasteiger charge is -2.00. The van der Waals surface area contributed by atoms with Gasteiger partial charge in [-0.1, -0.05) is 17.4 Å². The summed E-state index contributed by atoms with van der Waals surface area (Å²) in [5.41, 5.74) is 1.45. The number of aryl methyl sites for hydroxylation is 1. The van der Waals surface area contributed by atoms with Crippen molar-refractivity contribution in [2.75, 3.05) is 6.79 Å². The van der Waals surface area contributed by atoms with Gasteiger partial charge in [-0.15, -0.1) is 0 Å². The van der Waals surface area contributed by atoms with E-state index in [1.165, 1.54) is 23.5 Å². The maximum Gasteiger partial charge on any atom is 0.271 e. The van der Waals surface area contributed by atoms with E-state index in [4.69, 9.17) is 9.47 Å². The minimum Gasteiger partial charge on any atom is -0.454 e. The number of benzene rings is 2. The van der Waals surface area contributed by atoms with Gasteiger partial charge in [0.05, 0.1) is 21.6 Å². The largest absolute Gasteiger partial charge is 0.454 e. The molecule has 8 nitrogen and oxygen atoms in total. The molecule has 0 spiro atoms. The van der Waals surface area contributed by atoms with E-state index in [1.807, 2.05) is 0 Å². The van der Waals surface area contributed by atoms with Crippen molar-refractivity contribution in [2.24, 2.45) is 12.0 Å². The summed E-state index contributed by atoms with van der Waals surface area (Å²) in [4.78, 5) is 27.5. The molecule has 0 unspecified atom stereocenters. The van der Waals surface area contributed by atoms with E-state index in [0.29, 0.717) is 21.8 Å². The number of nitro groups is 1. The van der Waals surface area contributed by atoms with Gasteiger partial charge in [-0.25, -0.2) is 0 Å². The summed E-state index contributed by atoms with van der Waals surface area (Å²) in [6.07, 6.45) is 0.130. The lowest BCUT2D eigenvalue weighted by atomic mass is 10.1. The van der Waals surface area contributed by atoms with Crippen molar-refractivity contribution in [3.05, 3.63) is 56.9 Å². The average molecular weight is 371 g/mol. The van der Waals surface area contributed by atoms with Gasteiger partial charge in [-0.2, -0.15) is 4.99 Å². The second kappa shape index (κ2) is 6.26. The average Bonchev–Trinajstić information content (AvgIpc) is 3.19. The summed E-state index contributed by atoms with van der Waals surface area (Å²) < 4.78 is 13.1. The number of nitro benzene ring substituents is 1. The van der Waals surface area contributed by atoms with E-state index >= 15 is 0 Å². The van der Waals surface area contributed by atoms with E-state index in [2.05, 4.69) is 4.99 Å². The molecule has 1 aromatic heterocycles. The fourth-order valence-corrected chi connectivity index (χ4v) is 3.72. The highest BCUT2D eigenvalue weighted by molar-refractivity contribution is 7.16. The van der Waals surface area contributed by atoms with Crippen LogP contribution in [0.2, 0.25) is 0 Å². The van der Waals surface area contributed by atoms with Crippen LogP contribution < -0.4 is 14.3 Å². The number of rotatable bonds is 3. The number of fused-ring (bicyclic) bond motifs is 2. The van der Waals surface area contributed by atoms with Crippen molar-refractivity contribution < 1.29 is 19.2 Å². The van der Waals surface area contributed by atoms with Crippen molar-refractivity contribution >= 4 is 33.1 Å². The monoisotopic (exact) mass is 371 g/mol. The quantitative estimate of drug-likeness (QED) is 0.521. The van der Waals surface area contributed by atoms with Crippen molar-refractivity contribution in [2.45, 2.75) is 6.42 Å². The SMILES string of the molecule is Cn1c(=NC(=O)Cc2ccc3c(c2)OCO3)sc2ccc([N+](=O)[O-])cc21. The molecule has 1 amide bonds. The lowest BCUT2D eigenvalue weighted by molar-refractivity contribution is -0.384. The van der Waals surface area contributed by atoms with Crippen molar-refractivity contribution in [3.8, 4) is 11.5 Å². The molecule has 2 heterocycles. The molecule has 0 aliphatic carbocycles. The molecule has 0 saturated heterocycles. The Morgan fingerprint density at radius 3 is 2.88 bits per heavy atom. The fraction of sp³-hybridized carbons (Fsp3) is 0.176. The maximum atomic E-state index is 12.3. The van der Waals surface area contributed by atoms with Gasteiger partial charge >= 0.3 is 0 Å². The number of ether oxygens (including phenoxy) is 2. The van der Waals surface area contributed by atoms with Crippen LogP contribution in [0.25, 0.3) is 10.2 Å². The molecular formula is C17H13N3O5S. The van der Waals surface area contributed by atoms with E-state index in [0.717, 1.165) is 10.3 Å². The second-order valence-corrected chi connectivity index (χ2v) is 6.73. The predicted octanol–water partition coefficient (Wildman–Crippen LogP) is 2.55. The smallest absolute Gasteiger partial charge is 0.271 e. The molecule has 0 saturated carbocycles. The van der Waals surface area contributed by atoms with Crippen LogP contribution in [0.4, 0.5) is 5.69 Å². The Morgan fingerprint density at radius 2 is 2.08 bits per heavy atom. The summed E-state index contributed by atoms with van der Waals surface area (Å²) in [6.45, 7) is 0.181. The first-order valence-corrected chi connectivity index (χ1v) is 8.53. The second-order valence-electron chi connectivity index (χ2n) is 5.72. The molecule has 0 bridgehead atoms. The van der Waals surface area contributed by atoms with Crippen molar-refractivity contribution in [1.82, 2.24) is 4.57 Å². The van der Waals surface area contributed by atoms with Crippen LogP contribution in [-0.2, 0) is 18.3 Å². The van der Waals surface area contributed by atoms with Gasteiger partial charge in [0.2, 0.25) is 6.79 Å². The summed E-state index contributed by atoms with van der Waals surface area (Å²) in [7, 11) is 1.73. The number of hydrogen-bond donors (Lipinski definition) is 0. The van der Waals surface area contributed by atoms with E-state index in [9.17, 15) is 14.9 Å². The number of amides is 1. The van der Waals surface area contributed by atoms with E-state index in [-0.39, 0.29) is 24.8 Å². The van der Waals surface area contributed by atoms with E-state index < -0.39 is 4.92 Å². The maximum absolute atomic E-state index is 12.3. The first-order chi connectivity index (χ1) is 12.5. The molecule has 3 aromatic rings. The lowest BCUT2D eigenvalue weighted by Crippen LogP contribution is -2.14. The highest BCUT2D eigenvalue weighted by Gasteiger charge is 2.15. The van der Waals surface area contributed by atoms with Crippen LogP contribution in [-0.4, -0.2) is 22.2 Å². The molecule has 0 atom stereocenters. The van der Waals surface area contributed by atoms with Crippen LogP contribution in [0.15, 0.2) is 41.4 Å². The zero-order chi connectivity index (χ0) is 18.3. The Labute approximate surface area is 151 Å². The zero-order valence-corrected chi connectivity index (χ0v) is 14.5. The molecule has 1 aliphatic rings. The Morgan fingerprint density at radius 1 is 1.27 bits per heavy atom. The Kier molecular flexibility index (Phi) is 3.92. The minimum atomic E-state index is -0.446. The first-order valence-electron chi connectivity index (χ1n) is 7.71. The molecule has 132 valence electrons. The van der Waals surface area contributed by atoms with Crippen molar-refractivity contribution in [3.63, 3.8) is 0 Å². The topological polar surface area (TPSA) is 96.0 Å². The zero-order valence-electron chi connectivity index (χ0n) is 13.7. The molecule has 1 aliphatic heterocycles. The molecule has 0 radical (unpaired) electrons. The van der Waals surface area contributed by atoms with Gasteiger partial charge in [-0.3, -0.25) is 14.9 Å². The van der Waals surface area contributed by atoms with Crippen LogP contribution in [0, 0.1) is 10.1 Å². The molecule has 2 aromatic carbocycles. The summed E-state index contributed by atoms with van der Waals surface area (Å²) in [6, 6.07) is 9.92. The summed E-state index contributed by atoms with van der Waals surface area (Å²) >= 11 is 1.31. The van der Waals surface area contributed by atoms with Gasteiger partial charge in [0.15, 0.2) is 16.3 Å². The number of aromatic nitrogens is 1. The number of carbonyl (C=O) groups is 1. The number of hydrogen-bond acceptors (Lipinski definition) is 6. The Hall–Kier alpha value is -3.20. The third-order valence-electron chi connectivity index (χ3n) is 4.02.